The van der Waals surface area contributed by atoms with E-state index in [-0.39, 0.29) is 11.9 Å². The van der Waals surface area contributed by atoms with E-state index in [0.717, 1.165) is 52.2 Å². The van der Waals surface area contributed by atoms with Crippen molar-refractivity contribution < 1.29 is 9.18 Å². The second kappa shape index (κ2) is 9.02. The van der Waals surface area contributed by atoms with Crippen LogP contribution in [0.3, 0.4) is 0 Å². The summed E-state index contributed by atoms with van der Waals surface area (Å²) in [5.74, 6) is 0.937. The third-order valence-electron chi connectivity index (χ3n) is 8.09. The molecule has 40 heavy (non-hydrogen) atoms. The van der Waals surface area contributed by atoms with Crippen LogP contribution in [0, 0.1) is 35.9 Å². The molecule has 1 amide bonds. The van der Waals surface area contributed by atoms with E-state index in [4.69, 9.17) is 4.98 Å². The van der Waals surface area contributed by atoms with Crippen LogP contribution in [0.15, 0.2) is 67.4 Å². The van der Waals surface area contributed by atoms with Gasteiger partial charge in [-0.3, -0.25) is 9.48 Å². The summed E-state index contributed by atoms with van der Waals surface area (Å²) in [5.41, 5.74) is 6.03. The highest BCUT2D eigenvalue weighted by Crippen LogP contribution is 2.46. The number of hydrogen-bond acceptors (Lipinski definition) is 6. The number of amides is 1. The predicted octanol–water partition coefficient (Wildman–Crippen LogP) is 3.98. The average Bonchev–Trinajstić information content (AvgIpc) is 3.41. The normalized spacial score (nSPS) is 19.4. The van der Waals surface area contributed by atoms with E-state index in [1.54, 1.807) is 27.7 Å². The molecule has 4 aromatic heterocycles. The van der Waals surface area contributed by atoms with Crippen molar-refractivity contribution in [3.63, 3.8) is 0 Å². The maximum atomic E-state index is 13.6. The topological polar surface area (TPSA) is 104 Å². The quantitative estimate of drug-likeness (QED) is 0.367. The third kappa shape index (κ3) is 3.98. The molecule has 1 aliphatic carbocycles. The summed E-state index contributed by atoms with van der Waals surface area (Å²) in [6.45, 7) is 3.41. The molecule has 0 bridgehead atoms. The van der Waals surface area contributed by atoms with Crippen LogP contribution in [-0.2, 0) is 7.05 Å². The standard InChI is InChI=1S/C30H25FN8O/c1-17-3-5-22(31)8-23(17)30(40)36-28-25-15-38(16-26(25)28)27-6-4-18(10-33-27)24-7-19(21-12-34-37(2)13-21)14-39-29(24)20(9-32)11-35-39/h3-8,10-14,25-26,28H,15-16H2,1-2H3,(H,36,40). The van der Waals surface area contributed by atoms with Gasteiger partial charge in [-0.05, 0) is 42.8 Å². The molecule has 2 atom stereocenters. The van der Waals surface area contributed by atoms with Crippen LogP contribution in [0.4, 0.5) is 10.2 Å². The van der Waals surface area contributed by atoms with Crippen molar-refractivity contribution in [1.82, 2.24) is 29.7 Å². The van der Waals surface area contributed by atoms with Gasteiger partial charge in [0.05, 0.1) is 23.5 Å². The van der Waals surface area contributed by atoms with E-state index < -0.39 is 5.82 Å². The summed E-state index contributed by atoms with van der Waals surface area (Å²) in [6.07, 6.45) is 9.06. The Hall–Kier alpha value is -5.04. The number of piperidine rings is 1. The fourth-order valence-electron chi connectivity index (χ4n) is 5.88. The number of hydrogen-bond donors (Lipinski definition) is 1. The van der Waals surface area contributed by atoms with Crippen LogP contribution in [0.5, 0.6) is 0 Å². The van der Waals surface area contributed by atoms with E-state index in [1.165, 1.54) is 12.1 Å². The first-order valence-corrected chi connectivity index (χ1v) is 13.1. The van der Waals surface area contributed by atoms with Crippen LogP contribution < -0.4 is 10.2 Å². The van der Waals surface area contributed by atoms with Gasteiger partial charge in [0.1, 0.15) is 17.7 Å². The molecule has 9 nitrogen and oxygen atoms in total. The zero-order valence-electron chi connectivity index (χ0n) is 21.9. The molecule has 1 saturated carbocycles. The molecule has 5 heterocycles. The minimum absolute atomic E-state index is 0.0976. The Morgan fingerprint density at radius 1 is 1.02 bits per heavy atom. The van der Waals surface area contributed by atoms with Crippen LogP contribution in [0.25, 0.3) is 27.8 Å². The maximum absolute atomic E-state index is 13.6. The minimum atomic E-state index is -0.408. The lowest BCUT2D eigenvalue weighted by Crippen LogP contribution is -2.35. The Morgan fingerprint density at radius 2 is 1.85 bits per heavy atom. The van der Waals surface area contributed by atoms with Gasteiger partial charge in [-0.1, -0.05) is 6.07 Å². The van der Waals surface area contributed by atoms with Gasteiger partial charge in [0.2, 0.25) is 0 Å². The highest BCUT2D eigenvalue weighted by atomic mass is 19.1. The van der Waals surface area contributed by atoms with Crippen LogP contribution in [0.2, 0.25) is 0 Å². The number of nitriles is 1. The van der Waals surface area contributed by atoms with Crippen molar-refractivity contribution in [1.29, 1.82) is 5.26 Å². The number of aryl methyl sites for hydroxylation is 2. The number of fused-ring (bicyclic) bond motifs is 2. The van der Waals surface area contributed by atoms with Crippen molar-refractivity contribution in [2.75, 3.05) is 18.0 Å². The molecular formula is C30H25FN8O. The number of halogens is 1. The molecule has 198 valence electrons. The second-order valence-electron chi connectivity index (χ2n) is 10.6. The van der Waals surface area contributed by atoms with Gasteiger partial charge in [0.25, 0.3) is 5.91 Å². The lowest BCUT2D eigenvalue weighted by Gasteiger charge is -2.21. The number of rotatable bonds is 5. The number of anilines is 1. The van der Waals surface area contributed by atoms with Crippen molar-refractivity contribution in [2.45, 2.75) is 13.0 Å². The summed E-state index contributed by atoms with van der Waals surface area (Å²) in [4.78, 5) is 19.7. The molecule has 1 aromatic carbocycles. The number of carbonyl (C=O) groups is 1. The fourth-order valence-corrected chi connectivity index (χ4v) is 5.88. The van der Waals surface area contributed by atoms with Gasteiger partial charge < -0.3 is 10.2 Å². The molecule has 0 spiro atoms. The highest BCUT2D eigenvalue weighted by molar-refractivity contribution is 5.96. The Kier molecular flexibility index (Phi) is 5.42. The summed E-state index contributed by atoms with van der Waals surface area (Å²) >= 11 is 0. The molecule has 2 aliphatic rings. The van der Waals surface area contributed by atoms with Crippen molar-refractivity contribution >= 4 is 17.2 Å². The fraction of sp³-hybridized carbons (Fsp3) is 0.233. The number of benzene rings is 1. The SMILES string of the molecule is Cc1ccc(F)cc1C(=O)NC1C2CN(c3ccc(-c4cc(-c5cnn(C)c5)cn5ncc(C#N)c45)cn3)CC21. The minimum Gasteiger partial charge on any atom is -0.356 e. The molecule has 1 saturated heterocycles. The van der Waals surface area contributed by atoms with Gasteiger partial charge in [0, 0.05) is 84.4 Å². The van der Waals surface area contributed by atoms with Crippen LogP contribution >= 0.6 is 0 Å². The van der Waals surface area contributed by atoms with Crippen LogP contribution in [0.1, 0.15) is 21.5 Å². The summed E-state index contributed by atoms with van der Waals surface area (Å²) in [5, 5.41) is 21.5. The average molecular weight is 533 g/mol. The lowest BCUT2D eigenvalue weighted by atomic mass is 10.0. The van der Waals surface area contributed by atoms with Gasteiger partial charge in [-0.15, -0.1) is 0 Å². The van der Waals surface area contributed by atoms with Crippen LogP contribution in [-0.4, -0.2) is 49.4 Å². The molecule has 1 aliphatic heterocycles. The smallest absolute Gasteiger partial charge is 0.251 e. The molecule has 5 aromatic rings. The monoisotopic (exact) mass is 532 g/mol. The first-order chi connectivity index (χ1) is 19.4. The Bertz CT molecular complexity index is 1820. The number of pyridine rings is 2. The highest BCUT2D eigenvalue weighted by Gasteiger charge is 2.56. The van der Waals surface area contributed by atoms with E-state index in [2.05, 4.69) is 26.5 Å². The Labute approximate surface area is 229 Å². The van der Waals surface area contributed by atoms with E-state index >= 15 is 0 Å². The number of nitrogens with zero attached hydrogens (tertiary/aromatic N) is 7. The lowest BCUT2D eigenvalue weighted by molar-refractivity contribution is 0.0946. The Morgan fingerprint density at radius 3 is 2.55 bits per heavy atom. The van der Waals surface area contributed by atoms with E-state index in [1.807, 2.05) is 50.8 Å². The first kappa shape index (κ1) is 24.0. The number of nitrogens with one attached hydrogen (secondary N) is 1. The van der Waals surface area contributed by atoms with Crippen molar-refractivity contribution in [3.05, 3.63) is 89.9 Å². The van der Waals surface area contributed by atoms with Crippen molar-refractivity contribution in [3.8, 4) is 28.3 Å². The van der Waals surface area contributed by atoms with Gasteiger partial charge in [-0.2, -0.15) is 15.5 Å². The Balaban J connectivity index is 1.09. The molecular weight excluding hydrogens is 507 g/mol. The summed E-state index contributed by atoms with van der Waals surface area (Å²) in [7, 11) is 1.87. The van der Waals surface area contributed by atoms with E-state index in [9.17, 15) is 14.4 Å². The molecule has 10 heteroatoms. The predicted molar refractivity (Wildman–Crippen MR) is 147 cm³/mol. The zero-order chi connectivity index (χ0) is 27.5. The molecule has 7 rings (SSSR count). The summed E-state index contributed by atoms with van der Waals surface area (Å²) in [6, 6.07) is 12.7. The largest absolute Gasteiger partial charge is 0.356 e. The van der Waals surface area contributed by atoms with Gasteiger partial charge in [-0.25, -0.2) is 13.9 Å². The summed E-state index contributed by atoms with van der Waals surface area (Å²) < 4.78 is 17.1. The second-order valence-corrected chi connectivity index (χ2v) is 10.6. The first-order valence-electron chi connectivity index (χ1n) is 13.1. The maximum Gasteiger partial charge on any atom is 0.251 e. The molecule has 1 N–H and O–H groups in total. The van der Waals surface area contributed by atoms with Gasteiger partial charge >= 0.3 is 0 Å². The molecule has 0 radical (unpaired) electrons. The van der Waals surface area contributed by atoms with E-state index in [0.29, 0.717) is 23.0 Å². The van der Waals surface area contributed by atoms with Crippen molar-refractivity contribution in [2.24, 2.45) is 18.9 Å². The molecule has 2 unspecified atom stereocenters. The van der Waals surface area contributed by atoms with Gasteiger partial charge in [0.15, 0.2) is 0 Å². The zero-order valence-corrected chi connectivity index (χ0v) is 21.9. The number of carbonyl (C=O) groups excluding carboxylic acids is 1. The third-order valence-corrected chi connectivity index (χ3v) is 8.09. The molecule has 2 fully saturated rings. The number of aromatic nitrogens is 5.